The van der Waals surface area contributed by atoms with Gasteiger partial charge < -0.3 is 10.1 Å². The second-order valence-corrected chi connectivity index (χ2v) is 5.38. The molecule has 0 bridgehead atoms. The summed E-state index contributed by atoms with van der Waals surface area (Å²) in [4.78, 5) is 12.8. The van der Waals surface area contributed by atoms with Crippen molar-refractivity contribution in [2.75, 3.05) is 31.8 Å². The van der Waals surface area contributed by atoms with Crippen molar-refractivity contribution < 1.29 is 4.74 Å². The highest BCUT2D eigenvalue weighted by Gasteiger charge is 2.09. The molecule has 2 aromatic heterocycles. The molecule has 2 rings (SSSR count). The number of thioether (sulfide) groups is 1. The van der Waals surface area contributed by atoms with Crippen LogP contribution in [0.15, 0.2) is 10.7 Å². The first-order valence-corrected chi connectivity index (χ1v) is 7.27. The molecule has 0 unspecified atom stereocenters. The highest BCUT2D eigenvalue weighted by atomic mass is 32.2. The minimum Gasteiger partial charge on any atom is -0.385 e. The molecule has 2 heterocycles. The van der Waals surface area contributed by atoms with Crippen molar-refractivity contribution in [3.63, 3.8) is 0 Å². The number of hydrogen-bond acceptors (Lipinski definition) is 7. The number of ether oxygens (including phenoxy) is 1. The van der Waals surface area contributed by atoms with Gasteiger partial charge >= 0.3 is 0 Å². The third-order valence-electron chi connectivity index (χ3n) is 2.16. The second kappa shape index (κ2) is 6.13. The van der Waals surface area contributed by atoms with Crippen LogP contribution >= 0.6 is 23.1 Å². The Balaban J connectivity index is 2.13. The van der Waals surface area contributed by atoms with Crippen LogP contribution in [0.2, 0.25) is 0 Å². The van der Waals surface area contributed by atoms with E-state index in [9.17, 15) is 0 Å². The predicted molar refractivity (Wildman–Crippen MR) is 72.0 cm³/mol. The highest BCUT2D eigenvalue weighted by Crippen LogP contribution is 2.30. The van der Waals surface area contributed by atoms with Gasteiger partial charge in [0.1, 0.15) is 16.8 Å². The lowest BCUT2D eigenvalue weighted by Crippen LogP contribution is -2.06. The molecule has 1 N–H and O–H groups in total. The van der Waals surface area contributed by atoms with E-state index in [0.717, 1.165) is 40.1 Å². The van der Waals surface area contributed by atoms with Gasteiger partial charge in [0.05, 0.1) is 0 Å². The first-order chi connectivity index (χ1) is 8.35. The molecule has 0 aliphatic carbocycles. The fraction of sp³-hybridized carbons (Fsp3) is 0.500. The summed E-state index contributed by atoms with van der Waals surface area (Å²) in [5, 5.41) is 3.29. The lowest BCUT2D eigenvalue weighted by molar-refractivity contribution is 0.198. The molecule has 0 spiro atoms. The third kappa shape index (κ3) is 3.05. The molecule has 7 heteroatoms. The van der Waals surface area contributed by atoms with Gasteiger partial charge in [-0.25, -0.2) is 15.0 Å². The van der Waals surface area contributed by atoms with Gasteiger partial charge in [-0.2, -0.15) is 0 Å². The van der Waals surface area contributed by atoms with Crippen LogP contribution in [0.5, 0.6) is 0 Å². The predicted octanol–water partition coefficient (Wildman–Crippen LogP) is 2.26. The molecular weight excluding hydrogens is 256 g/mol. The number of nitrogens with zero attached hydrogens (tertiary/aromatic N) is 3. The quantitative estimate of drug-likeness (QED) is 0.642. The zero-order chi connectivity index (χ0) is 12.1. The van der Waals surface area contributed by atoms with Crippen LogP contribution in [-0.4, -0.2) is 41.5 Å². The Labute approximate surface area is 108 Å². The summed E-state index contributed by atoms with van der Waals surface area (Å²) in [6.07, 6.45) is 4.51. The van der Waals surface area contributed by atoms with Crippen LogP contribution in [0, 0.1) is 0 Å². The molecule has 0 saturated carbocycles. The number of hydrogen-bond donors (Lipinski definition) is 1. The van der Waals surface area contributed by atoms with Crippen LogP contribution < -0.4 is 5.32 Å². The maximum absolute atomic E-state index is 5.00. The fourth-order valence-corrected chi connectivity index (χ4v) is 2.85. The fourth-order valence-electron chi connectivity index (χ4n) is 1.37. The van der Waals surface area contributed by atoms with Crippen molar-refractivity contribution in [1.82, 2.24) is 15.0 Å². The van der Waals surface area contributed by atoms with Crippen molar-refractivity contribution in [2.45, 2.75) is 10.8 Å². The topological polar surface area (TPSA) is 59.9 Å². The largest absolute Gasteiger partial charge is 0.385 e. The van der Waals surface area contributed by atoms with Crippen LogP contribution in [-0.2, 0) is 4.74 Å². The minimum absolute atomic E-state index is 0.750. The highest BCUT2D eigenvalue weighted by molar-refractivity contribution is 8.00. The van der Waals surface area contributed by atoms with Gasteiger partial charge in [0.25, 0.3) is 0 Å². The number of fused-ring (bicyclic) bond motifs is 1. The Morgan fingerprint density at radius 1 is 1.47 bits per heavy atom. The molecule has 0 radical (unpaired) electrons. The number of anilines is 1. The number of rotatable bonds is 6. The second-order valence-electron chi connectivity index (χ2n) is 3.33. The summed E-state index contributed by atoms with van der Waals surface area (Å²) in [5.74, 6) is 0.865. The Morgan fingerprint density at radius 3 is 3.12 bits per heavy atom. The van der Waals surface area contributed by atoms with Crippen molar-refractivity contribution in [3.8, 4) is 0 Å². The summed E-state index contributed by atoms with van der Waals surface area (Å²) in [5.41, 5.74) is 0.767. The van der Waals surface area contributed by atoms with Gasteiger partial charge in [-0.15, -0.1) is 11.3 Å². The van der Waals surface area contributed by atoms with E-state index in [1.165, 1.54) is 0 Å². The van der Waals surface area contributed by atoms with E-state index in [4.69, 9.17) is 4.74 Å². The molecule has 2 aromatic rings. The molecule has 92 valence electrons. The first-order valence-electron chi connectivity index (χ1n) is 5.23. The number of nitrogens with one attached hydrogen (secondary N) is 1. The number of methoxy groups -OCH3 is 1. The lowest BCUT2D eigenvalue weighted by atomic mass is 10.4. The standard InChI is InChI=1S/C10H14N4OS2/c1-15-5-3-4-11-8-7-9(13-6-12-8)14-10(16-2)17-7/h6H,3-5H2,1-2H3,(H,11,12,13). The lowest BCUT2D eigenvalue weighted by Gasteiger charge is -2.04. The maximum atomic E-state index is 5.00. The molecule has 17 heavy (non-hydrogen) atoms. The smallest absolute Gasteiger partial charge is 0.176 e. The molecule has 0 atom stereocenters. The monoisotopic (exact) mass is 270 g/mol. The Hall–Kier alpha value is -0.920. The summed E-state index contributed by atoms with van der Waals surface area (Å²) >= 11 is 3.25. The SMILES string of the molecule is COCCCNc1ncnc2nc(SC)sc12. The van der Waals surface area contributed by atoms with E-state index in [1.807, 2.05) is 6.26 Å². The van der Waals surface area contributed by atoms with E-state index in [-0.39, 0.29) is 0 Å². The van der Waals surface area contributed by atoms with Crippen molar-refractivity contribution in [2.24, 2.45) is 0 Å². The molecule has 0 aliphatic rings. The Morgan fingerprint density at radius 2 is 2.35 bits per heavy atom. The number of thiazole rings is 1. The molecular formula is C10H14N4OS2. The van der Waals surface area contributed by atoms with Gasteiger partial charge in [0.15, 0.2) is 9.99 Å². The van der Waals surface area contributed by atoms with E-state index >= 15 is 0 Å². The molecule has 0 amide bonds. The normalized spacial score (nSPS) is 10.9. The summed E-state index contributed by atoms with van der Waals surface area (Å²) < 4.78 is 7.04. The van der Waals surface area contributed by atoms with Gasteiger partial charge in [0, 0.05) is 20.3 Å². The van der Waals surface area contributed by atoms with Gasteiger partial charge in [-0.1, -0.05) is 11.8 Å². The maximum Gasteiger partial charge on any atom is 0.176 e. The van der Waals surface area contributed by atoms with Crippen LogP contribution in [0.25, 0.3) is 10.3 Å². The van der Waals surface area contributed by atoms with Crippen LogP contribution in [0.1, 0.15) is 6.42 Å². The summed E-state index contributed by atoms with van der Waals surface area (Å²) in [6, 6.07) is 0. The number of aromatic nitrogens is 3. The van der Waals surface area contributed by atoms with Crippen molar-refractivity contribution in [1.29, 1.82) is 0 Å². The van der Waals surface area contributed by atoms with Crippen molar-refractivity contribution >= 4 is 39.3 Å². The van der Waals surface area contributed by atoms with Gasteiger partial charge in [-0.05, 0) is 12.7 Å². The molecule has 0 aromatic carbocycles. The Bertz CT molecular complexity index is 488. The molecule has 0 fully saturated rings. The molecule has 0 saturated heterocycles. The van der Waals surface area contributed by atoms with E-state index in [1.54, 1.807) is 36.5 Å². The average molecular weight is 270 g/mol. The van der Waals surface area contributed by atoms with Gasteiger partial charge in [0.2, 0.25) is 0 Å². The Kier molecular flexibility index (Phi) is 4.52. The average Bonchev–Trinajstić information content (AvgIpc) is 2.78. The van der Waals surface area contributed by atoms with Crippen LogP contribution in [0.4, 0.5) is 5.82 Å². The van der Waals surface area contributed by atoms with Crippen molar-refractivity contribution in [3.05, 3.63) is 6.33 Å². The molecule has 5 nitrogen and oxygen atoms in total. The molecule has 0 aliphatic heterocycles. The summed E-state index contributed by atoms with van der Waals surface area (Å²) in [7, 11) is 1.71. The summed E-state index contributed by atoms with van der Waals surface area (Å²) in [6.45, 7) is 1.59. The first kappa shape index (κ1) is 12.5. The van der Waals surface area contributed by atoms with E-state index < -0.39 is 0 Å². The van der Waals surface area contributed by atoms with E-state index in [2.05, 4.69) is 20.3 Å². The minimum atomic E-state index is 0.750. The third-order valence-corrected chi connectivity index (χ3v) is 4.20. The van der Waals surface area contributed by atoms with E-state index in [0.29, 0.717) is 0 Å². The zero-order valence-electron chi connectivity index (χ0n) is 9.77. The van der Waals surface area contributed by atoms with Crippen LogP contribution in [0.3, 0.4) is 0 Å². The van der Waals surface area contributed by atoms with Gasteiger partial charge in [-0.3, -0.25) is 0 Å². The zero-order valence-corrected chi connectivity index (χ0v) is 11.4.